The van der Waals surface area contributed by atoms with E-state index < -0.39 is 0 Å². The Hall–Kier alpha value is -1.26. The monoisotopic (exact) mass is 256 g/mol. The Kier molecular flexibility index (Phi) is 5.48. The largest absolute Gasteiger partial charge is 0.393 e. The minimum atomic E-state index is -0.141. The maximum Gasteiger partial charge on any atom is 0.0577 e. The lowest BCUT2D eigenvalue weighted by atomic mass is 9.76. The maximum atomic E-state index is 10.1. The van der Waals surface area contributed by atoms with Crippen LogP contribution in [0.3, 0.4) is 0 Å². The Balaban J connectivity index is 1.89. The fourth-order valence-electron chi connectivity index (χ4n) is 3.04. The first-order chi connectivity index (χ1) is 9.29. The van der Waals surface area contributed by atoms with Crippen molar-refractivity contribution >= 4 is 0 Å². The van der Waals surface area contributed by atoms with Gasteiger partial charge in [-0.2, -0.15) is 0 Å². The third kappa shape index (κ3) is 4.40. The number of aliphatic hydroxyl groups excluding tert-OH is 1. The molecule has 1 aromatic rings. The molecule has 1 heteroatoms. The maximum absolute atomic E-state index is 10.1. The van der Waals surface area contributed by atoms with Crippen LogP contribution < -0.4 is 0 Å². The number of rotatable bonds is 3. The van der Waals surface area contributed by atoms with E-state index in [1.165, 1.54) is 19.3 Å². The van der Waals surface area contributed by atoms with Crippen molar-refractivity contribution in [3.63, 3.8) is 0 Å². The highest BCUT2D eigenvalue weighted by Gasteiger charge is 2.27. The molecular formula is C18H24O. The predicted octanol–water partition coefficient (Wildman–Crippen LogP) is 4.01. The molecule has 0 aliphatic heterocycles. The van der Waals surface area contributed by atoms with Crippen molar-refractivity contribution in [1.82, 2.24) is 0 Å². The number of benzene rings is 1. The van der Waals surface area contributed by atoms with Gasteiger partial charge in [0, 0.05) is 12.0 Å². The minimum Gasteiger partial charge on any atom is -0.393 e. The number of hydrogen-bond donors (Lipinski definition) is 1. The molecule has 0 aromatic heterocycles. The number of aliphatic hydroxyl groups is 1. The molecule has 1 aromatic carbocycles. The van der Waals surface area contributed by atoms with Gasteiger partial charge in [-0.3, -0.25) is 0 Å². The summed E-state index contributed by atoms with van der Waals surface area (Å²) in [6.45, 7) is 2.25. The Bertz CT molecular complexity index is 426. The van der Waals surface area contributed by atoms with Crippen LogP contribution in [-0.4, -0.2) is 11.2 Å². The van der Waals surface area contributed by atoms with Gasteiger partial charge in [0.25, 0.3) is 0 Å². The minimum absolute atomic E-state index is 0.141. The lowest BCUT2D eigenvalue weighted by Crippen LogP contribution is -2.28. The fourth-order valence-corrected chi connectivity index (χ4v) is 3.04. The van der Waals surface area contributed by atoms with E-state index in [-0.39, 0.29) is 6.10 Å². The second kappa shape index (κ2) is 7.36. The molecular weight excluding hydrogens is 232 g/mol. The van der Waals surface area contributed by atoms with Crippen LogP contribution in [0, 0.1) is 23.7 Å². The summed E-state index contributed by atoms with van der Waals surface area (Å²) in [7, 11) is 0. The summed E-state index contributed by atoms with van der Waals surface area (Å²) in [6.07, 6.45) is 6.55. The van der Waals surface area contributed by atoms with Gasteiger partial charge in [-0.05, 0) is 43.2 Å². The van der Waals surface area contributed by atoms with E-state index in [1.807, 2.05) is 30.3 Å². The third-order valence-electron chi connectivity index (χ3n) is 4.12. The van der Waals surface area contributed by atoms with Gasteiger partial charge in [0.2, 0.25) is 0 Å². The van der Waals surface area contributed by atoms with Crippen LogP contribution >= 0.6 is 0 Å². The Labute approximate surface area is 117 Å². The highest BCUT2D eigenvalue weighted by molar-refractivity contribution is 5.33. The molecule has 3 atom stereocenters. The van der Waals surface area contributed by atoms with Gasteiger partial charge >= 0.3 is 0 Å². The molecule has 1 saturated carbocycles. The SMILES string of the molecule is CCCC1CCC(O)C(CC#Cc2ccccc2)C1. The fraction of sp³-hybridized carbons (Fsp3) is 0.556. The summed E-state index contributed by atoms with van der Waals surface area (Å²) < 4.78 is 0. The molecule has 0 spiro atoms. The van der Waals surface area contributed by atoms with E-state index in [9.17, 15) is 5.11 Å². The van der Waals surface area contributed by atoms with Crippen molar-refractivity contribution in [2.24, 2.45) is 11.8 Å². The van der Waals surface area contributed by atoms with Crippen LogP contribution in [0.25, 0.3) is 0 Å². The van der Waals surface area contributed by atoms with Gasteiger partial charge in [-0.25, -0.2) is 0 Å². The van der Waals surface area contributed by atoms with E-state index in [4.69, 9.17) is 0 Å². The van der Waals surface area contributed by atoms with Gasteiger partial charge in [-0.1, -0.05) is 49.8 Å². The summed E-state index contributed by atoms with van der Waals surface area (Å²) in [5.74, 6) is 7.63. The van der Waals surface area contributed by atoms with Gasteiger partial charge in [0.15, 0.2) is 0 Å². The topological polar surface area (TPSA) is 20.2 Å². The van der Waals surface area contributed by atoms with Gasteiger partial charge < -0.3 is 5.11 Å². The standard InChI is InChI=1S/C18H24O/c1-2-7-16-12-13-18(19)17(14-16)11-6-10-15-8-4-3-5-9-15/h3-5,8-9,16-19H,2,7,11-14H2,1H3. The van der Waals surface area contributed by atoms with E-state index >= 15 is 0 Å². The highest BCUT2D eigenvalue weighted by atomic mass is 16.3. The molecule has 0 bridgehead atoms. The van der Waals surface area contributed by atoms with Crippen molar-refractivity contribution in [3.05, 3.63) is 35.9 Å². The zero-order valence-corrected chi connectivity index (χ0v) is 11.8. The lowest BCUT2D eigenvalue weighted by Gasteiger charge is -2.32. The van der Waals surface area contributed by atoms with Crippen LogP contribution in [0.2, 0.25) is 0 Å². The molecule has 1 aliphatic rings. The predicted molar refractivity (Wildman–Crippen MR) is 79.7 cm³/mol. The Morgan fingerprint density at radius 3 is 2.74 bits per heavy atom. The molecule has 19 heavy (non-hydrogen) atoms. The van der Waals surface area contributed by atoms with Gasteiger partial charge in [-0.15, -0.1) is 0 Å². The molecule has 1 fully saturated rings. The van der Waals surface area contributed by atoms with Gasteiger partial charge in [0.1, 0.15) is 0 Å². The van der Waals surface area contributed by atoms with Crippen molar-refractivity contribution < 1.29 is 5.11 Å². The number of hydrogen-bond acceptors (Lipinski definition) is 1. The summed E-state index contributed by atoms with van der Waals surface area (Å²) >= 11 is 0. The zero-order valence-electron chi connectivity index (χ0n) is 11.8. The van der Waals surface area contributed by atoms with E-state index in [1.54, 1.807) is 0 Å². The van der Waals surface area contributed by atoms with E-state index in [0.29, 0.717) is 5.92 Å². The summed E-state index contributed by atoms with van der Waals surface area (Å²) in [5, 5.41) is 10.1. The Morgan fingerprint density at radius 2 is 2.00 bits per heavy atom. The van der Waals surface area contributed by atoms with Crippen LogP contribution in [0.15, 0.2) is 30.3 Å². The molecule has 0 radical (unpaired) electrons. The second-order valence-corrected chi connectivity index (χ2v) is 5.67. The first kappa shape index (κ1) is 14.2. The molecule has 0 saturated heterocycles. The Morgan fingerprint density at radius 1 is 1.21 bits per heavy atom. The highest BCUT2D eigenvalue weighted by Crippen LogP contribution is 2.33. The average molecular weight is 256 g/mol. The van der Waals surface area contributed by atoms with Crippen molar-refractivity contribution in [3.8, 4) is 11.8 Å². The smallest absolute Gasteiger partial charge is 0.0577 e. The molecule has 3 unspecified atom stereocenters. The van der Waals surface area contributed by atoms with Crippen LogP contribution in [-0.2, 0) is 0 Å². The van der Waals surface area contributed by atoms with E-state index in [2.05, 4.69) is 18.8 Å². The quantitative estimate of drug-likeness (QED) is 0.810. The van der Waals surface area contributed by atoms with Crippen molar-refractivity contribution in [1.29, 1.82) is 0 Å². The summed E-state index contributed by atoms with van der Waals surface area (Å²) in [5.41, 5.74) is 1.07. The molecule has 1 N–H and O–H groups in total. The first-order valence-electron chi connectivity index (χ1n) is 7.51. The second-order valence-electron chi connectivity index (χ2n) is 5.67. The van der Waals surface area contributed by atoms with Gasteiger partial charge in [0.05, 0.1) is 6.10 Å². The molecule has 0 heterocycles. The van der Waals surface area contributed by atoms with Crippen LogP contribution in [0.4, 0.5) is 0 Å². The third-order valence-corrected chi connectivity index (χ3v) is 4.12. The lowest BCUT2D eigenvalue weighted by molar-refractivity contribution is 0.0486. The van der Waals surface area contributed by atoms with Crippen LogP contribution in [0.1, 0.15) is 51.0 Å². The zero-order chi connectivity index (χ0) is 13.5. The first-order valence-corrected chi connectivity index (χ1v) is 7.51. The van der Waals surface area contributed by atoms with Crippen molar-refractivity contribution in [2.75, 3.05) is 0 Å². The van der Waals surface area contributed by atoms with Crippen LogP contribution in [0.5, 0.6) is 0 Å². The normalized spacial score (nSPS) is 26.5. The average Bonchev–Trinajstić information content (AvgIpc) is 2.44. The molecule has 1 nitrogen and oxygen atoms in total. The summed E-state index contributed by atoms with van der Waals surface area (Å²) in [6, 6.07) is 10.1. The molecule has 102 valence electrons. The molecule has 0 amide bonds. The molecule has 1 aliphatic carbocycles. The van der Waals surface area contributed by atoms with E-state index in [0.717, 1.165) is 30.7 Å². The summed E-state index contributed by atoms with van der Waals surface area (Å²) in [4.78, 5) is 0. The van der Waals surface area contributed by atoms with Crippen molar-refractivity contribution in [2.45, 2.75) is 51.6 Å². The molecule has 2 rings (SSSR count).